The van der Waals surface area contributed by atoms with Crippen LogP contribution in [0.2, 0.25) is 0 Å². The van der Waals surface area contributed by atoms with E-state index in [9.17, 15) is 9.59 Å². The Hall–Kier alpha value is -1.39. The van der Waals surface area contributed by atoms with Gasteiger partial charge in [-0.1, -0.05) is 6.92 Å². The van der Waals surface area contributed by atoms with Gasteiger partial charge in [-0.15, -0.1) is 0 Å². The lowest BCUT2D eigenvalue weighted by molar-refractivity contribution is -0.120. The molecule has 0 atom stereocenters. The summed E-state index contributed by atoms with van der Waals surface area (Å²) < 4.78 is 0. The molecule has 0 spiro atoms. The van der Waals surface area contributed by atoms with Crippen molar-refractivity contribution in [2.45, 2.75) is 20.3 Å². The Labute approximate surface area is 64.6 Å². The summed E-state index contributed by atoms with van der Waals surface area (Å²) in [6, 6.07) is 0. The van der Waals surface area contributed by atoms with Gasteiger partial charge in [0.25, 0.3) is 0 Å². The second-order valence-electron chi connectivity index (χ2n) is 1.94. The largest absolute Gasteiger partial charge is 0.379 e. The molecule has 0 aliphatic heterocycles. The van der Waals surface area contributed by atoms with E-state index >= 15 is 0 Å². The molecule has 0 unspecified atom stereocenters. The quantitative estimate of drug-likeness (QED) is 0.325. The molecule has 1 amide bonds. The predicted octanol–water partition coefficient (Wildman–Crippen LogP) is -0.626. The lowest BCUT2D eigenvalue weighted by atomic mass is 10.4. The third kappa shape index (κ3) is 4.07. The SMILES string of the molecule is CCC(=O)NN=C(N)C(C)=O. The van der Waals surface area contributed by atoms with E-state index < -0.39 is 0 Å². The van der Waals surface area contributed by atoms with Gasteiger partial charge < -0.3 is 5.73 Å². The third-order valence-electron chi connectivity index (χ3n) is 0.983. The molecule has 3 N–H and O–H groups in total. The highest BCUT2D eigenvalue weighted by atomic mass is 16.2. The summed E-state index contributed by atoms with van der Waals surface area (Å²) in [5.74, 6) is -0.817. The average Bonchev–Trinajstić information content (AvgIpc) is 1.99. The molecule has 0 fully saturated rings. The maximum Gasteiger partial charge on any atom is 0.239 e. The van der Waals surface area contributed by atoms with Crippen LogP contribution in [0.5, 0.6) is 0 Å². The molecular formula is C6H11N3O2. The van der Waals surface area contributed by atoms with Crippen molar-refractivity contribution in [3.8, 4) is 0 Å². The highest BCUT2D eigenvalue weighted by molar-refractivity contribution is 6.37. The molecule has 0 saturated carbocycles. The number of amidine groups is 1. The molecule has 5 heteroatoms. The maximum atomic E-state index is 10.6. The normalized spacial score (nSPS) is 10.9. The molecule has 0 aromatic heterocycles. The summed E-state index contributed by atoms with van der Waals surface area (Å²) in [7, 11) is 0. The Bertz CT molecular complexity index is 198. The van der Waals surface area contributed by atoms with Crippen molar-refractivity contribution in [2.24, 2.45) is 10.8 Å². The fourth-order valence-corrected chi connectivity index (χ4v) is 0.280. The van der Waals surface area contributed by atoms with Crippen molar-refractivity contribution in [3.63, 3.8) is 0 Å². The zero-order valence-electron chi connectivity index (χ0n) is 6.55. The molecule has 0 saturated heterocycles. The van der Waals surface area contributed by atoms with Gasteiger partial charge in [-0.2, -0.15) is 5.10 Å². The first-order valence-corrected chi connectivity index (χ1v) is 3.20. The molecule has 5 nitrogen and oxygen atoms in total. The van der Waals surface area contributed by atoms with Gasteiger partial charge in [0, 0.05) is 13.3 Å². The zero-order valence-corrected chi connectivity index (χ0v) is 6.55. The van der Waals surface area contributed by atoms with Crippen LogP contribution in [0.3, 0.4) is 0 Å². The van der Waals surface area contributed by atoms with Gasteiger partial charge in [0.15, 0.2) is 11.6 Å². The lowest BCUT2D eigenvalue weighted by Crippen LogP contribution is -2.27. The van der Waals surface area contributed by atoms with Crippen LogP contribution in [0.4, 0.5) is 0 Å². The number of rotatable bonds is 3. The summed E-state index contributed by atoms with van der Waals surface area (Å²) in [4.78, 5) is 21.0. The first kappa shape index (κ1) is 9.61. The van der Waals surface area contributed by atoms with Gasteiger partial charge in [0.2, 0.25) is 5.91 Å². The Kier molecular flexibility index (Phi) is 3.87. The van der Waals surface area contributed by atoms with Gasteiger partial charge >= 0.3 is 0 Å². The van der Waals surface area contributed by atoms with Crippen molar-refractivity contribution < 1.29 is 9.59 Å². The van der Waals surface area contributed by atoms with E-state index in [2.05, 4.69) is 10.5 Å². The molecule has 0 aliphatic rings. The molecule has 0 heterocycles. The fourth-order valence-electron chi connectivity index (χ4n) is 0.280. The van der Waals surface area contributed by atoms with E-state index in [-0.39, 0.29) is 17.5 Å². The number of hydrogen-bond acceptors (Lipinski definition) is 3. The first-order chi connectivity index (χ1) is 5.07. The number of nitrogens with zero attached hydrogens (tertiary/aromatic N) is 1. The Morgan fingerprint density at radius 1 is 1.55 bits per heavy atom. The van der Waals surface area contributed by atoms with Gasteiger partial charge in [-0.3, -0.25) is 9.59 Å². The van der Waals surface area contributed by atoms with E-state index in [0.717, 1.165) is 0 Å². The van der Waals surface area contributed by atoms with Crippen molar-refractivity contribution >= 4 is 17.5 Å². The van der Waals surface area contributed by atoms with Crippen LogP contribution in [0.25, 0.3) is 0 Å². The minimum Gasteiger partial charge on any atom is -0.379 e. The van der Waals surface area contributed by atoms with Crippen molar-refractivity contribution in [3.05, 3.63) is 0 Å². The topological polar surface area (TPSA) is 84.6 Å². The van der Waals surface area contributed by atoms with Crippen LogP contribution in [-0.4, -0.2) is 17.5 Å². The highest BCUT2D eigenvalue weighted by Gasteiger charge is 1.99. The van der Waals surface area contributed by atoms with Crippen LogP contribution >= 0.6 is 0 Å². The minimum absolute atomic E-state index is 0.188. The van der Waals surface area contributed by atoms with Crippen LogP contribution in [0, 0.1) is 0 Å². The summed E-state index contributed by atoms with van der Waals surface area (Å²) in [5, 5.41) is 3.34. The number of carbonyl (C=O) groups excluding carboxylic acids is 2. The summed E-state index contributed by atoms with van der Waals surface area (Å²) in [6.07, 6.45) is 0.314. The number of nitrogens with two attached hydrogens (primary N) is 1. The summed E-state index contributed by atoms with van der Waals surface area (Å²) >= 11 is 0. The van der Waals surface area contributed by atoms with E-state index in [0.29, 0.717) is 6.42 Å². The molecule has 0 radical (unpaired) electrons. The molecular weight excluding hydrogens is 146 g/mol. The number of ketones is 1. The molecule has 62 valence electrons. The van der Waals surface area contributed by atoms with Crippen molar-refractivity contribution in [1.82, 2.24) is 5.43 Å². The summed E-state index contributed by atoms with van der Waals surface area (Å²) in [5.41, 5.74) is 7.22. The average molecular weight is 157 g/mol. The molecule has 0 aliphatic carbocycles. The second-order valence-corrected chi connectivity index (χ2v) is 1.94. The van der Waals surface area contributed by atoms with E-state index in [4.69, 9.17) is 5.73 Å². The summed E-state index contributed by atoms with van der Waals surface area (Å²) in [6.45, 7) is 2.95. The smallest absolute Gasteiger partial charge is 0.239 e. The van der Waals surface area contributed by atoms with Gasteiger partial charge in [-0.05, 0) is 0 Å². The number of amides is 1. The van der Waals surface area contributed by atoms with Crippen molar-refractivity contribution in [1.29, 1.82) is 0 Å². The molecule has 0 rings (SSSR count). The van der Waals surface area contributed by atoms with Gasteiger partial charge in [0.1, 0.15) is 0 Å². The number of hydrazone groups is 1. The molecule has 11 heavy (non-hydrogen) atoms. The van der Waals surface area contributed by atoms with Crippen LogP contribution in [-0.2, 0) is 9.59 Å². The predicted molar refractivity (Wildman–Crippen MR) is 40.7 cm³/mol. The zero-order chi connectivity index (χ0) is 8.85. The van der Waals surface area contributed by atoms with E-state index in [1.165, 1.54) is 6.92 Å². The van der Waals surface area contributed by atoms with Crippen LogP contribution in [0.1, 0.15) is 20.3 Å². The first-order valence-electron chi connectivity index (χ1n) is 3.20. The van der Waals surface area contributed by atoms with Gasteiger partial charge in [-0.25, -0.2) is 5.43 Å². The van der Waals surface area contributed by atoms with Crippen LogP contribution < -0.4 is 11.2 Å². The van der Waals surface area contributed by atoms with Gasteiger partial charge in [0.05, 0.1) is 0 Å². The molecule has 0 aromatic rings. The fraction of sp³-hybridized carbons (Fsp3) is 0.500. The third-order valence-corrected chi connectivity index (χ3v) is 0.983. The monoisotopic (exact) mass is 157 g/mol. The molecule has 0 bridgehead atoms. The van der Waals surface area contributed by atoms with Crippen LogP contribution in [0.15, 0.2) is 5.10 Å². The second kappa shape index (κ2) is 4.43. The maximum absolute atomic E-state index is 10.6. The Morgan fingerprint density at radius 3 is 2.45 bits per heavy atom. The lowest BCUT2D eigenvalue weighted by Gasteiger charge is -1.95. The number of carbonyl (C=O) groups is 2. The Morgan fingerprint density at radius 2 is 2.09 bits per heavy atom. The van der Waals surface area contributed by atoms with E-state index in [1.807, 2.05) is 0 Å². The molecule has 0 aromatic carbocycles. The minimum atomic E-state index is -0.360. The highest BCUT2D eigenvalue weighted by Crippen LogP contribution is 1.75. The van der Waals surface area contributed by atoms with E-state index in [1.54, 1.807) is 6.92 Å². The number of hydrogen-bond donors (Lipinski definition) is 2. The number of nitrogens with one attached hydrogen (secondary N) is 1. The Balaban J connectivity index is 3.92. The number of Topliss-reactive ketones (excluding diaryl/α,β-unsaturated/α-hetero) is 1. The van der Waals surface area contributed by atoms with Crippen molar-refractivity contribution in [2.75, 3.05) is 0 Å². The standard InChI is InChI=1S/C6H11N3O2/c1-3-5(11)8-9-6(7)4(2)10/h3H2,1-2H3,(H2,7,9)(H,8,11).